The molecule has 1 aliphatic heterocycles. The SMILES string of the molecule is CC[C@H](C)[C@H](N)C(=O)N1CCC[C@H]1C(=O)NCC(=O)N[C@@H](CC(N)=O)C(=O)N[C@@H](CC(=O)O)C(=O)N[C@@H](CC(=O)O)C(=O)N[C@@H](CO)C(=O)O. The summed E-state index contributed by atoms with van der Waals surface area (Å²) in [6.07, 6.45) is -1.73. The van der Waals surface area contributed by atoms with Crippen molar-refractivity contribution in [3.8, 4) is 0 Å². The smallest absolute Gasteiger partial charge is 0.328 e. The summed E-state index contributed by atoms with van der Waals surface area (Å²) in [6.45, 7) is 2.08. The molecule has 1 heterocycles. The predicted molar refractivity (Wildman–Crippen MR) is 166 cm³/mol. The van der Waals surface area contributed by atoms with Gasteiger partial charge < -0.3 is 63.4 Å². The zero-order chi connectivity index (χ0) is 38.3. The highest BCUT2D eigenvalue weighted by atomic mass is 16.4. The van der Waals surface area contributed by atoms with Crippen molar-refractivity contribution in [2.45, 2.75) is 88.6 Å². The first kappa shape index (κ1) is 42.6. The van der Waals surface area contributed by atoms with Crippen LogP contribution in [-0.4, -0.2) is 141 Å². The van der Waals surface area contributed by atoms with Crippen LogP contribution >= 0.6 is 0 Å². The number of carbonyl (C=O) groups excluding carboxylic acids is 7. The number of aliphatic carboxylic acids is 3. The third-order valence-corrected chi connectivity index (χ3v) is 7.68. The normalized spacial score (nSPS) is 17.4. The van der Waals surface area contributed by atoms with E-state index in [1.54, 1.807) is 12.2 Å². The maximum Gasteiger partial charge on any atom is 0.328 e. The Morgan fingerprint density at radius 2 is 1.26 bits per heavy atom. The maximum atomic E-state index is 13.1. The second kappa shape index (κ2) is 20.2. The molecule has 1 fully saturated rings. The lowest BCUT2D eigenvalue weighted by Crippen LogP contribution is -2.59. The number of amides is 7. The Morgan fingerprint density at radius 1 is 0.780 bits per heavy atom. The quantitative estimate of drug-likeness (QED) is 0.0527. The van der Waals surface area contributed by atoms with Crippen molar-refractivity contribution in [1.29, 1.82) is 0 Å². The average molecular weight is 717 g/mol. The van der Waals surface area contributed by atoms with Crippen LogP contribution in [0, 0.1) is 5.92 Å². The molecule has 0 aliphatic carbocycles. The minimum absolute atomic E-state index is 0.152. The molecule has 22 nitrogen and oxygen atoms in total. The molecule has 0 bridgehead atoms. The van der Waals surface area contributed by atoms with Gasteiger partial charge in [0.25, 0.3) is 0 Å². The topological polar surface area (TPSA) is 367 Å². The van der Waals surface area contributed by atoms with Gasteiger partial charge in [0, 0.05) is 6.54 Å². The Bertz CT molecular complexity index is 1330. The van der Waals surface area contributed by atoms with Crippen LogP contribution in [0.3, 0.4) is 0 Å². The number of nitrogens with two attached hydrogens (primary N) is 2. The van der Waals surface area contributed by atoms with E-state index in [0.29, 0.717) is 19.3 Å². The molecule has 7 amide bonds. The number of nitrogens with zero attached hydrogens (tertiary/aromatic N) is 1. The highest BCUT2D eigenvalue weighted by Gasteiger charge is 2.38. The zero-order valence-electron chi connectivity index (χ0n) is 27.4. The van der Waals surface area contributed by atoms with Gasteiger partial charge in [0.2, 0.25) is 41.4 Å². The van der Waals surface area contributed by atoms with Gasteiger partial charge in [-0.3, -0.25) is 43.2 Å². The number of likely N-dealkylation sites (tertiary alicyclic amines) is 1. The Kier molecular flexibility index (Phi) is 17.2. The van der Waals surface area contributed by atoms with Crippen LogP contribution in [0.2, 0.25) is 0 Å². The maximum absolute atomic E-state index is 13.1. The lowest BCUT2D eigenvalue weighted by molar-refractivity contribution is -0.145. The summed E-state index contributed by atoms with van der Waals surface area (Å²) >= 11 is 0. The van der Waals surface area contributed by atoms with Gasteiger partial charge in [0.1, 0.15) is 30.2 Å². The van der Waals surface area contributed by atoms with Crippen LogP contribution in [0.4, 0.5) is 0 Å². The van der Waals surface area contributed by atoms with Gasteiger partial charge in [0.05, 0.1) is 38.5 Å². The number of aliphatic hydroxyl groups is 1. The largest absolute Gasteiger partial charge is 0.481 e. The summed E-state index contributed by atoms with van der Waals surface area (Å²) in [5.41, 5.74) is 11.2. The molecule has 50 heavy (non-hydrogen) atoms. The number of primary amides is 1. The second-order valence-electron chi connectivity index (χ2n) is 11.5. The highest BCUT2D eigenvalue weighted by Crippen LogP contribution is 2.20. The first-order valence-corrected chi connectivity index (χ1v) is 15.4. The van der Waals surface area contributed by atoms with Crippen molar-refractivity contribution in [3.05, 3.63) is 0 Å². The van der Waals surface area contributed by atoms with Crippen molar-refractivity contribution in [1.82, 2.24) is 31.5 Å². The molecular formula is C28H44N8O14. The van der Waals surface area contributed by atoms with E-state index < -0.39 is 128 Å². The van der Waals surface area contributed by atoms with E-state index in [4.69, 9.17) is 26.8 Å². The summed E-state index contributed by atoms with van der Waals surface area (Å²) < 4.78 is 0. The molecule has 0 radical (unpaired) electrons. The van der Waals surface area contributed by atoms with Crippen molar-refractivity contribution in [2.75, 3.05) is 19.7 Å². The van der Waals surface area contributed by atoms with Gasteiger partial charge in [0.15, 0.2) is 0 Å². The van der Waals surface area contributed by atoms with Crippen LogP contribution in [0.15, 0.2) is 0 Å². The first-order chi connectivity index (χ1) is 23.3. The number of aliphatic hydroxyl groups excluding tert-OH is 1. The van der Waals surface area contributed by atoms with Gasteiger partial charge in [-0.15, -0.1) is 0 Å². The Morgan fingerprint density at radius 3 is 1.68 bits per heavy atom. The monoisotopic (exact) mass is 716 g/mol. The fraction of sp³-hybridized carbons (Fsp3) is 0.643. The van der Waals surface area contributed by atoms with Gasteiger partial charge in [-0.25, -0.2) is 4.79 Å². The standard InChI is InChI=1S/C28H44N8O14/c1-3-12(2)22(30)27(48)36-6-4-5-17(36)26(47)31-10-19(39)32-13(7-18(29)38)23(44)33-14(8-20(40)41)24(45)34-15(9-21(42)43)25(46)35-16(11-37)28(49)50/h12-17,22,37H,3-11,30H2,1-2H3,(H2,29,38)(H,31,47)(H,32,39)(H,33,44)(H,34,45)(H,35,46)(H,40,41)(H,42,43)(H,49,50)/t12-,13-,14-,15-,16-,17-,22-/m0/s1. The van der Waals surface area contributed by atoms with Gasteiger partial charge >= 0.3 is 17.9 Å². The van der Waals surface area contributed by atoms with Gasteiger partial charge in [-0.05, 0) is 18.8 Å². The van der Waals surface area contributed by atoms with Crippen LogP contribution in [-0.2, 0) is 47.9 Å². The molecular weight excluding hydrogens is 672 g/mol. The second-order valence-corrected chi connectivity index (χ2v) is 11.5. The number of rotatable bonds is 21. The summed E-state index contributed by atoms with van der Waals surface area (Å²) in [4.78, 5) is 124. The zero-order valence-corrected chi connectivity index (χ0v) is 27.4. The van der Waals surface area contributed by atoms with Crippen LogP contribution in [0.1, 0.15) is 52.4 Å². The van der Waals surface area contributed by atoms with E-state index in [-0.39, 0.29) is 12.5 Å². The molecule has 0 spiro atoms. The van der Waals surface area contributed by atoms with E-state index >= 15 is 0 Å². The molecule has 0 unspecified atom stereocenters. The molecule has 0 aromatic carbocycles. The highest BCUT2D eigenvalue weighted by molar-refractivity contribution is 5.99. The van der Waals surface area contributed by atoms with E-state index in [1.807, 2.05) is 17.6 Å². The van der Waals surface area contributed by atoms with Crippen molar-refractivity contribution < 1.29 is 68.4 Å². The van der Waals surface area contributed by atoms with E-state index in [2.05, 4.69) is 10.6 Å². The molecule has 1 aliphatic rings. The number of hydrogen-bond donors (Lipinski definition) is 11. The number of carbonyl (C=O) groups is 10. The van der Waals surface area contributed by atoms with Crippen molar-refractivity contribution in [3.63, 3.8) is 0 Å². The number of nitrogens with one attached hydrogen (secondary N) is 5. The van der Waals surface area contributed by atoms with E-state index in [1.165, 1.54) is 4.90 Å². The summed E-state index contributed by atoms with van der Waals surface area (Å²) in [5, 5.41) is 46.7. The number of hydrogen-bond acceptors (Lipinski definition) is 12. The van der Waals surface area contributed by atoms with Crippen LogP contribution < -0.4 is 38.1 Å². The van der Waals surface area contributed by atoms with Gasteiger partial charge in [-0.1, -0.05) is 20.3 Å². The van der Waals surface area contributed by atoms with Gasteiger partial charge in [-0.2, -0.15) is 0 Å². The van der Waals surface area contributed by atoms with Crippen LogP contribution in [0.5, 0.6) is 0 Å². The van der Waals surface area contributed by atoms with Crippen LogP contribution in [0.25, 0.3) is 0 Å². The molecule has 13 N–H and O–H groups in total. The summed E-state index contributed by atoms with van der Waals surface area (Å²) in [7, 11) is 0. The lowest BCUT2D eigenvalue weighted by Gasteiger charge is -2.28. The summed E-state index contributed by atoms with van der Waals surface area (Å²) in [5.74, 6) is -12.6. The Balaban J connectivity index is 3.03. The third kappa shape index (κ3) is 13.6. The molecule has 7 atom stereocenters. The summed E-state index contributed by atoms with van der Waals surface area (Å²) in [6, 6.07) is -9.53. The molecule has 22 heteroatoms. The fourth-order valence-corrected chi connectivity index (χ4v) is 4.70. The lowest BCUT2D eigenvalue weighted by atomic mass is 9.98. The van der Waals surface area contributed by atoms with Crippen molar-refractivity contribution in [2.24, 2.45) is 17.4 Å². The average Bonchev–Trinajstić information content (AvgIpc) is 3.53. The molecule has 280 valence electrons. The fourth-order valence-electron chi connectivity index (χ4n) is 4.70. The van der Waals surface area contributed by atoms with E-state index in [9.17, 15) is 53.1 Å². The molecule has 1 saturated heterocycles. The minimum Gasteiger partial charge on any atom is -0.481 e. The third-order valence-electron chi connectivity index (χ3n) is 7.68. The number of carboxylic acid groups (broad SMARTS) is 3. The van der Waals surface area contributed by atoms with E-state index in [0.717, 1.165) is 0 Å². The molecule has 0 aromatic rings. The Labute approximate surface area is 285 Å². The van der Waals surface area contributed by atoms with Crippen molar-refractivity contribution >= 4 is 59.3 Å². The molecule has 1 rings (SSSR count). The molecule has 0 aromatic heterocycles. The minimum atomic E-state index is -2.04. The number of carboxylic acids is 3. The Hall–Kier alpha value is -5.38. The first-order valence-electron chi connectivity index (χ1n) is 15.4. The molecule has 0 saturated carbocycles. The predicted octanol–water partition coefficient (Wildman–Crippen LogP) is -5.69.